The van der Waals surface area contributed by atoms with Crippen LogP contribution in [0.25, 0.3) is 0 Å². The van der Waals surface area contributed by atoms with E-state index in [0.717, 1.165) is 23.5 Å². The molecule has 0 radical (unpaired) electrons. The van der Waals surface area contributed by atoms with Crippen LogP contribution in [-0.4, -0.2) is 16.5 Å². The molecule has 0 aliphatic rings. The summed E-state index contributed by atoms with van der Waals surface area (Å²) in [7, 11) is 0. The summed E-state index contributed by atoms with van der Waals surface area (Å²) in [6, 6.07) is 4.47. The fraction of sp³-hybridized carbons (Fsp3) is 0.375. The predicted octanol–water partition coefficient (Wildman–Crippen LogP) is 4.02. The number of hydrogen-bond acceptors (Lipinski definition) is 4. The Labute approximate surface area is 124 Å². The van der Waals surface area contributed by atoms with Crippen molar-refractivity contribution < 1.29 is 9.13 Å². The van der Waals surface area contributed by atoms with Crippen LogP contribution in [0, 0.1) is 19.7 Å². The van der Waals surface area contributed by atoms with E-state index in [2.05, 4.69) is 15.3 Å². The Morgan fingerprint density at radius 2 is 1.95 bits per heavy atom. The summed E-state index contributed by atoms with van der Waals surface area (Å²) in [4.78, 5) is 8.85. The second-order valence-electron chi connectivity index (χ2n) is 4.81. The predicted molar refractivity (Wildman–Crippen MR) is 81.5 cm³/mol. The van der Waals surface area contributed by atoms with E-state index < -0.39 is 0 Å². The van der Waals surface area contributed by atoms with Crippen LogP contribution in [0.4, 0.5) is 10.2 Å². The molecule has 1 aromatic heterocycles. The van der Waals surface area contributed by atoms with Crippen molar-refractivity contribution >= 4 is 5.82 Å². The van der Waals surface area contributed by atoms with Crippen molar-refractivity contribution in [1.29, 1.82) is 0 Å². The van der Waals surface area contributed by atoms with E-state index in [0.29, 0.717) is 23.9 Å². The lowest BCUT2D eigenvalue weighted by Gasteiger charge is -2.14. The van der Waals surface area contributed by atoms with Gasteiger partial charge in [0.05, 0.1) is 5.56 Å². The largest absolute Gasteiger partial charge is 0.438 e. The molecule has 1 N–H and O–H groups in total. The van der Waals surface area contributed by atoms with Crippen LogP contribution in [0.2, 0.25) is 0 Å². The smallest absolute Gasteiger partial charge is 0.227 e. The first-order valence-electron chi connectivity index (χ1n) is 7.10. The van der Waals surface area contributed by atoms with Gasteiger partial charge in [0.15, 0.2) is 0 Å². The Kier molecular flexibility index (Phi) is 4.73. The number of aromatic nitrogens is 2. The number of halogens is 1. The molecule has 4 nitrogen and oxygen atoms in total. The molecule has 0 amide bonds. The molecule has 1 heterocycles. The average molecular weight is 289 g/mol. The van der Waals surface area contributed by atoms with Crippen LogP contribution in [0.3, 0.4) is 0 Å². The Morgan fingerprint density at radius 1 is 1.19 bits per heavy atom. The van der Waals surface area contributed by atoms with Crippen molar-refractivity contribution in [3.05, 3.63) is 41.0 Å². The first kappa shape index (κ1) is 15.2. The number of anilines is 1. The second kappa shape index (κ2) is 6.52. The van der Waals surface area contributed by atoms with Crippen molar-refractivity contribution in [3.8, 4) is 11.6 Å². The van der Waals surface area contributed by atoms with Gasteiger partial charge in [0.1, 0.15) is 23.2 Å². The summed E-state index contributed by atoms with van der Waals surface area (Å²) in [6.07, 6.45) is 0.706. The third kappa shape index (κ3) is 3.48. The highest BCUT2D eigenvalue weighted by atomic mass is 19.1. The fourth-order valence-electron chi connectivity index (χ4n) is 1.93. The molecule has 0 fully saturated rings. The van der Waals surface area contributed by atoms with Gasteiger partial charge in [-0.1, -0.05) is 13.0 Å². The molecule has 112 valence electrons. The summed E-state index contributed by atoms with van der Waals surface area (Å²) in [6.45, 7) is 8.51. The van der Waals surface area contributed by atoms with E-state index in [-0.39, 0.29) is 5.82 Å². The van der Waals surface area contributed by atoms with Crippen molar-refractivity contribution in [1.82, 2.24) is 9.97 Å². The minimum atomic E-state index is -0.329. The Hall–Kier alpha value is -2.17. The lowest BCUT2D eigenvalue weighted by molar-refractivity contribution is 0.447. The van der Waals surface area contributed by atoms with Gasteiger partial charge in [-0.2, -0.15) is 4.98 Å². The van der Waals surface area contributed by atoms with E-state index in [9.17, 15) is 4.39 Å². The molecule has 0 aliphatic carbocycles. The van der Waals surface area contributed by atoms with E-state index in [1.807, 2.05) is 27.7 Å². The van der Waals surface area contributed by atoms with Gasteiger partial charge in [-0.25, -0.2) is 9.37 Å². The molecule has 0 unspecified atom stereocenters. The van der Waals surface area contributed by atoms with Gasteiger partial charge in [-0.05, 0) is 32.4 Å². The minimum Gasteiger partial charge on any atom is -0.438 e. The van der Waals surface area contributed by atoms with Gasteiger partial charge in [0, 0.05) is 19.0 Å². The number of nitrogens with zero attached hydrogens (tertiary/aromatic N) is 2. The maximum Gasteiger partial charge on any atom is 0.227 e. The SMILES string of the molecule is CCNc1nc(CC)nc(Oc2cc(F)ccc2C)c1C. The zero-order valence-corrected chi connectivity index (χ0v) is 12.8. The maximum absolute atomic E-state index is 13.4. The van der Waals surface area contributed by atoms with Crippen LogP contribution >= 0.6 is 0 Å². The molecule has 0 saturated heterocycles. The van der Waals surface area contributed by atoms with Crippen LogP contribution < -0.4 is 10.1 Å². The van der Waals surface area contributed by atoms with E-state index in [1.165, 1.54) is 12.1 Å². The normalized spacial score (nSPS) is 10.5. The highest BCUT2D eigenvalue weighted by Gasteiger charge is 2.13. The van der Waals surface area contributed by atoms with Crippen molar-refractivity contribution in [2.75, 3.05) is 11.9 Å². The summed E-state index contributed by atoms with van der Waals surface area (Å²) in [5.41, 5.74) is 1.68. The molecule has 0 saturated carbocycles. The number of aryl methyl sites for hydroxylation is 2. The molecule has 1 aromatic carbocycles. The van der Waals surface area contributed by atoms with Crippen molar-refractivity contribution in [2.24, 2.45) is 0 Å². The molecule has 2 rings (SSSR count). The van der Waals surface area contributed by atoms with Crippen molar-refractivity contribution in [2.45, 2.75) is 34.1 Å². The fourth-order valence-corrected chi connectivity index (χ4v) is 1.93. The zero-order chi connectivity index (χ0) is 15.4. The minimum absolute atomic E-state index is 0.329. The number of benzene rings is 1. The van der Waals surface area contributed by atoms with Gasteiger partial charge < -0.3 is 10.1 Å². The molecule has 2 aromatic rings. The Bertz CT molecular complexity index is 644. The van der Waals surface area contributed by atoms with Crippen molar-refractivity contribution in [3.63, 3.8) is 0 Å². The molecule has 0 aliphatic heterocycles. The first-order valence-corrected chi connectivity index (χ1v) is 7.10. The lowest BCUT2D eigenvalue weighted by atomic mass is 10.2. The summed E-state index contributed by atoms with van der Waals surface area (Å²) < 4.78 is 19.2. The van der Waals surface area contributed by atoms with Gasteiger partial charge in [-0.15, -0.1) is 0 Å². The van der Waals surface area contributed by atoms with E-state index in [1.54, 1.807) is 6.07 Å². The summed E-state index contributed by atoms with van der Waals surface area (Å²) >= 11 is 0. The molecule has 21 heavy (non-hydrogen) atoms. The lowest BCUT2D eigenvalue weighted by Crippen LogP contribution is -2.07. The zero-order valence-electron chi connectivity index (χ0n) is 12.8. The summed E-state index contributed by atoms with van der Waals surface area (Å²) in [5, 5.41) is 3.20. The van der Waals surface area contributed by atoms with Crippen LogP contribution in [0.5, 0.6) is 11.6 Å². The molecule has 5 heteroatoms. The maximum atomic E-state index is 13.4. The highest BCUT2D eigenvalue weighted by Crippen LogP contribution is 2.29. The number of ether oxygens (including phenoxy) is 1. The number of hydrogen-bond donors (Lipinski definition) is 1. The summed E-state index contributed by atoms with van der Waals surface area (Å²) in [5.74, 6) is 2.06. The van der Waals surface area contributed by atoms with Gasteiger partial charge in [-0.3, -0.25) is 0 Å². The molecular weight excluding hydrogens is 269 g/mol. The Morgan fingerprint density at radius 3 is 2.62 bits per heavy atom. The topological polar surface area (TPSA) is 47.0 Å². The molecule has 0 spiro atoms. The molecule has 0 bridgehead atoms. The van der Waals surface area contributed by atoms with E-state index >= 15 is 0 Å². The third-order valence-electron chi connectivity index (χ3n) is 3.16. The Balaban J connectivity index is 2.43. The number of rotatable bonds is 5. The standard InChI is InChI=1S/C16H20FN3O/c1-5-14-19-15(18-6-2)11(4)16(20-14)21-13-9-12(17)8-7-10(13)3/h7-9H,5-6H2,1-4H3,(H,18,19,20). The molecular formula is C16H20FN3O. The number of nitrogens with one attached hydrogen (secondary N) is 1. The monoisotopic (exact) mass is 289 g/mol. The van der Waals surface area contributed by atoms with Gasteiger partial charge in [0.25, 0.3) is 0 Å². The van der Waals surface area contributed by atoms with Crippen LogP contribution in [-0.2, 0) is 6.42 Å². The van der Waals surface area contributed by atoms with Gasteiger partial charge >= 0.3 is 0 Å². The van der Waals surface area contributed by atoms with Crippen LogP contribution in [0.1, 0.15) is 30.8 Å². The van der Waals surface area contributed by atoms with E-state index in [4.69, 9.17) is 4.74 Å². The second-order valence-corrected chi connectivity index (χ2v) is 4.81. The highest BCUT2D eigenvalue weighted by molar-refractivity contribution is 5.50. The van der Waals surface area contributed by atoms with Gasteiger partial charge in [0.2, 0.25) is 5.88 Å². The quantitative estimate of drug-likeness (QED) is 0.903. The van der Waals surface area contributed by atoms with Crippen LogP contribution in [0.15, 0.2) is 18.2 Å². The molecule has 0 atom stereocenters. The average Bonchev–Trinajstić information content (AvgIpc) is 2.47. The third-order valence-corrected chi connectivity index (χ3v) is 3.16. The first-order chi connectivity index (χ1) is 10.0.